The quantitative estimate of drug-likeness (QED) is 0.119. The van der Waals surface area contributed by atoms with Crippen molar-refractivity contribution in [1.82, 2.24) is 0 Å². The Kier molecular flexibility index (Phi) is 19.3. The van der Waals surface area contributed by atoms with E-state index in [2.05, 4.69) is 27.7 Å². The predicted molar refractivity (Wildman–Crippen MR) is 130 cm³/mol. The van der Waals surface area contributed by atoms with E-state index in [0.29, 0.717) is 44.3 Å². The summed E-state index contributed by atoms with van der Waals surface area (Å²) in [6, 6.07) is 0. The third-order valence-corrected chi connectivity index (χ3v) is 5.89. The summed E-state index contributed by atoms with van der Waals surface area (Å²) in [7, 11) is 0. The zero-order valence-corrected chi connectivity index (χ0v) is 20.9. The standard InChI is InChI=1S/C27H48O4/c1-6-11-17-23(8-3)21-30-26(28)20-16-14-13-15-19-25(10-5)27(29)31-22-24(9-4)18-12-7-2/h10,13-14,23-24H,6-9,11-12,15-22H2,1-5H3/b14-13+,25-10+. The van der Waals surface area contributed by atoms with E-state index < -0.39 is 0 Å². The van der Waals surface area contributed by atoms with Gasteiger partial charge >= 0.3 is 11.9 Å². The summed E-state index contributed by atoms with van der Waals surface area (Å²) in [5.41, 5.74) is 0.729. The van der Waals surface area contributed by atoms with Gasteiger partial charge < -0.3 is 9.47 Å². The molecule has 0 rings (SSSR count). The van der Waals surface area contributed by atoms with E-state index in [0.717, 1.165) is 37.7 Å². The maximum Gasteiger partial charge on any atom is 0.333 e. The Morgan fingerprint density at radius 1 is 0.774 bits per heavy atom. The minimum Gasteiger partial charge on any atom is -0.465 e. The van der Waals surface area contributed by atoms with Crippen LogP contribution in [0.2, 0.25) is 0 Å². The molecule has 0 saturated carbocycles. The lowest BCUT2D eigenvalue weighted by molar-refractivity contribution is -0.145. The molecule has 0 fully saturated rings. The molecule has 0 amide bonds. The number of allylic oxidation sites excluding steroid dienone is 3. The summed E-state index contributed by atoms with van der Waals surface area (Å²) in [5.74, 6) is 0.632. The van der Waals surface area contributed by atoms with Crippen molar-refractivity contribution in [2.75, 3.05) is 13.2 Å². The van der Waals surface area contributed by atoms with Crippen LogP contribution >= 0.6 is 0 Å². The van der Waals surface area contributed by atoms with Gasteiger partial charge in [-0.1, -0.05) is 84.4 Å². The predicted octanol–water partition coefficient (Wildman–Crippen LogP) is 7.57. The van der Waals surface area contributed by atoms with Crippen LogP contribution in [0.25, 0.3) is 0 Å². The molecule has 0 spiro atoms. The van der Waals surface area contributed by atoms with Crippen LogP contribution < -0.4 is 0 Å². The lowest BCUT2D eigenvalue weighted by Gasteiger charge is -2.15. The first-order valence-corrected chi connectivity index (χ1v) is 12.6. The SMILES string of the molecule is C/C=C(\CC/C=C/CCC(=O)OCC(CC)CCCC)C(=O)OCC(CC)CCCC. The molecule has 0 heterocycles. The van der Waals surface area contributed by atoms with Gasteiger partial charge in [0.1, 0.15) is 0 Å². The number of rotatable bonds is 19. The Balaban J connectivity index is 4.07. The largest absolute Gasteiger partial charge is 0.465 e. The molecule has 2 unspecified atom stereocenters. The maximum absolute atomic E-state index is 12.3. The summed E-state index contributed by atoms with van der Waals surface area (Å²) in [4.78, 5) is 24.2. The van der Waals surface area contributed by atoms with E-state index in [4.69, 9.17) is 9.47 Å². The van der Waals surface area contributed by atoms with Gasteiger partial charge in [0.2, 0.25) is 0 Å². The molecule has 0 aliphatic rings. The van der Waals surface area contributed by atoms with Gasteiger partial charge in [0.25, 0.3) is 0 Å². The third kappa shape index (κ3) is 15.8. The van der Waals surface area contributed by atoms with Gasteiger partial charge in [-0.15, -0.1) is 0 Å². The highest BCUT2D eigenvalue weighted by Crippen LogP contribution is 2.16. The molecule has 0 aromatic rings. The molecule has 4 nitrogen and oxygen atoms in total. The molecule has 0 aromatic heterocycles. The molecule has 0 bridgehead atoms. The van der Waals surface area contributed by atoms with Crippen molar-refractivity contribution in [3.63, 3.8) is 0 Å². The highest BCUT2D eigenvalue weighted by atomic mass is 16.5. The summed E-state index contributed by atoms with van der Waals surface area (Å²) in [5, 5.41) is 0. The van der Waals surface area contributed by atoms with Gasteiger partial charge in [-0.3, -0.25) is 4.79 Å². The van der Waals surface area contributed by atoms with Crippen molar-refractivity contribution in [3.8, 4) is 0 Å². The van der Waals surface area contributed by atoms with E-state index in [9.17, 15) is 9.59 Å². The number of ether oxygens (including phenoxy) is 2. The van der Waals surface area contributed by atoms with Crippen LogP contribution in [0.15, 0.2) is 23.8 Å². The fourth-order valence-corrected chi connectivity index (χ4v) is 3.41. The lowest BCUT2D eigenvalue weighted by Crippen LogP contribution is -2.15. The van der Waals surface area contributed by atoms with Gasteiger partial charge in [0.15, 0.2) is 0 Å². The molecule has 0 radical (unpaired) electrons. The first-order chi connectivity index (χ1) is 15.0. The first-order valence-electron chi connectivity index (χ1n) is 12.6. The Morgan fingerprint density at radius 3 is 1.77 bits per heavy atom. The zero-order chi connectivity index (χ0) is 23.3. The molecular formula is C27H48O4. The zero-order valence-electron chi connectivity index (χ0n) is 20.9. The summed E-state index contributed by atoms with van der Waals surface area (Å²) in [6.45, 7) is 11.6. The van der Waals surface area contributed by atoms with Crippen molar-refractivity contribution >= 4 is 11.9 Å². The second-order valence-electron chi connectivity index (χ2n) is 8.48. The first kappa shape index (κ1) is 29.4. The summed E-state index contributed by atoms with van der Waals surface area (Å²) >= 11 is 0. The number of esters is 2. The van der Waals surface area contributed by atoms with Crippen LogP contribution in [-0.2, 0) is 19.1 Å². The van der Waals surface area contributed by atoms with Crippen molar-refractivity contribution in [2.45, 2.75) is 112 Å². The maximum atomic E-state index is 12.3. The van der Waals surface area contributed by atoms with Crippen LogP contribution in [-0.4, -0.2) is 25.2 Å². The average molecular weight is 437 g/mol. The van der Waals surface area contributed by atoms with Gasteiger partial charge in [-0.05, 0) is 50.9 Å². The highest BCUT2D eigenvalue weighted by Gasteiger charge is 2.13. The topological polar surface area (TPSA) is 52.6 Å². The normalized spacial score (nSPS) is 13.9. The second-order valence-corrected chi connectivity index (χ2v) is 8.48. The molecule has 2 atom stereocenters. The third-order valence-electron chi connectivity index (χ3n) is 5.89. The van der Waals surface area contributed by atoms with Gasteiger partial charge in [0.05, 0.1) is 13.2 Å². The molecule has 180 valence electrons. The number of hydrogen-bond acceptors (Lipinski definition) is 4. The molecule has 4 heteroatoms. The van der Waals surface area contributed by atoms with Crippen LogP contribution in [0.5, 0.6) is 0 Å². The molecule has 0 aromatic carbocycles. The molecule has 0 aliphatic heterocycles. The number of unbranched alkanes of at least 4 members (excludes halogenated alkanes) is 2. The van der Waals surface area contributed by atoms with E-state index in [-0.39, 0.29) is 11.9 Å². The summed E-state index contributed by atoms with van der Waals surface area (Å²) in [6.07, 6.45) is 17.5. The van der Waals surface area contributed by atoms with E-state index in [1.165, 1.54) is 25.7 Å². The molecular weight excluding hydrogens is 388 g/mol. The fraction of sp³-hybridized carbons (Fsp3) is 0.778. The van der Waals surface area contributed by atoms with E-state index >= 15 is 0 Å². The van der Waals surface area contributed by atoms with Gasteiger partial charge in [-0.25, -0.2) is 4.79 Å². The van der Waals surface area contributed by atoms with Crippen molar-refractivity contribution in [2.24, 2.45) is 11.8 Å². The fourth-order valence-electron chi connectivity index (χ4n) is 3.41. The van der Waals surface area contributed by atoms with Crippen LogP contribution in [0.3, 0.4) is 0 Å². The minimum absolute atomic E-state index is 0.120. The number of hydrogen-bond donors (Lipinski definition) is 0. The van der Waals surface area contributed by atoms with Gasteiger partial charge in [-0.2, -0.15) is 0 Å². The highest BCUT2D eigenvalue weighted by molar-refractivity contribution is 5.88. The van der Waals surface area contributed by atoms with E-state index in [1.54, 1.807) is 0 Å². The van der Waals surface area contributed by atoms with Gasteiger partial charge in [0, 0.05) is 12.0 Å². The second kappa shape index (κ2) is 20.3. The smallest absolute Gasteiger partial charge is 0.333 e. The Hall–Kier alpha value is -1.58. The number of carbonyl (C=O) groups excluding carboxylic acids is 2. The van der Waals surface area contributed by atoms with Crippen molar-refractivity contribution in [1.29, 1.82) is 0 Å². The van der Waals surface area contributed by atoms with Crippen LogP contribution in [0, 0.1) is 11.8 Å². The van der Waals surface area contributed by atoms with Crippen LogP contribution in [0.4, 0.5) is 0 Å². The van der Waals surface area contributed by atoms with E-state index in [1.807, 2.05) is 25.2 Å². The number of carbonyl (C=O) groups is 2. The lowest BCUT2D eigenvalue weighted by atomic mass is 10.0. The van der Waals surface area contributed by atoms with Crippen LogP contribution in [0.1, 0.15) is 112 Å². The van der Waals surface area contributed by atoms with Crippen molar-refractivity contribution in [3.05, 3.63) is 23.8 Å². The molecule has 0 aliphatic carbocycles. The Bertz CT molecular complexity index is 521. The minimum atomic E-state index is -0.192. The summed E-state index contributed by atoms with van der Waals surface area (Å²) < 4.78 is 11.0. The molecule has 0 saturated heterocycles. The Morgan fingerprint density at radius 2 is 1.29 bits per heavy atom. The molecule has 31 heavy (non-hydrogen) atoms. The Labute approximate surface area is 191 Å². The average Bonchev–Trinajstić information content (AvgIpc) is 2.78. The molecule has 0 N–H and O–H groups in total. The monoisotopic (exact) mass is 436 g/mol. The van der Waals surface area contributed by atoms with Crippen molar-refractivity contribution < 1.29 is 19.1 Å².